The molecule has 1 heterocycles. The predicted octanol–water partition coefficient (Wildman–Crippen LogP) is 3.95. The van der Waals surface area contributed by atoms with Crippen molar-refractivity contribution in [1.82, 2.24) is 4.72 Å². The molecule has 0 unspecified atom stereocenters. The standard InChI is InChI=1S/C23H26N2O6S/c1-2-29-21-11-3-4-12-22(21)31-15-7-13-23(26)25-18-8-5-10-20(16-18)32(27,28)24-17-19-9-6-14-30-19/h3-6,8-12,14,16,24H,2,7,13,15,17H2,1H3,(H,25,26). The fourth-order valence-electron chi connectivity index (χ4n) is 2.89. The Morgan fingerprint density at radius 2 is 1.78 bits per heavy atom. The molecule has 0 aliphatic rings. The van der Waals surface area contributed by atoms with Crippen molar-refractivity contribution in [3.05, 3.63) is 72.7 Å². The number of sulfonamides is 1. The molecule has 0 radical (unpaired) electrons. The highest BCUT2D eigenvalue weighted by molar-refractivity contribution is 7.89. The average Bonchev–Trinajstić information content (AvgIpc) is 3.31. The molecule has 0 atom stereocenters. The van der Waals surface area contributed by atoms with Gasteiger partial charge in [0.1, 0.15) is 5.76 Å². The molecular formula is C23H26N2O6S. The van der Waals surface area contributed by atoms with E-state index in [9.17, 15) is 13.2 Å². The third kappa shape index (κ3) is 6.86. The molecule has 3 aromatic rings. The Bertz CT molecular complexity index is 1110. The Hall–Kier alpha value is -3.30. The first-order valence-corrected chi connectivity index (χ1v) is 11.7. The van der Waals surface area contributed by atoms with Crippen LogP contribution in [0.2, 0.25) is 0 Å². The third-order valence-electron chi connectivity index (χ3n) is 4.40. The molecule has 3 rings (SSSR count). The molecule has 170 valence electrons. The number of amides is 1. The first-order valence-electron chi connectivity index (χ1n) is 10.2. The molecular weight excluding hydrogens is 432 g/mol. The van der Waals surface area contributed by atoms with Gasteiger partial charge in [-0.2, -0.15) is 0 Å². The number of carbonyl (C=O) groups excluding carboxylic acids is 1. The second-order valence-electron chi connectivity index (χ2n) is 6.81. The molecule has 1 amide bonds. The van der Waals surface area contributed by atoms with Crippen LogP contribution in [0.4, 0.5) is 5.69 Å². The maximum atomic E-state index is 12.5. The van der Waals surface area contributed by atoms with Gasteiger partial charge in [-0.3, -0.25) is 4.79 Å². The molecule has 32 heavy (non-hydrogen) atoms. The molecule has 0 bridgehead atoms. The molecule has 0 spiro atoms. The van der Waals surface area contributed by atoms with E-state index in [2.05, 4.69) is 10.0 Å². The van der Waals surface area contributed by atoms with Crippen LogP contribution in [0.1, 0.15) is 25.5 Å². The van der Waals surface area contributed by atoms with Crippen LogP contribution in [-0.2, 0) is 21.4 Å². The number of benzene rings is 2. The van der Waals surface area contributed by atoms with Crippen LogP contribution in [0.5, 0.6) is 11.5 Å². The summed E-state index contributed by atoms with van der Waals surface area (Å²) < 4.78 is 43.8. The van der Waals surface area contributed by atoms with E-state index in [1.807, 2.05) is 31.2 Å². The Kier molecular flexibility index (Phi) is 8.29. The summed E-state index contributed by atoms with van der Waals surface area (Å²) in [7, 11) is -3.75. The number of para-hydroxylation sites is 2. The van der Waals surface area contributed by atoms with Gasteiger partial charge in [-0.1, -0.05) is 18.2 Å². The fraction of sp³-hybridized carbons (Fsp3) is 0.261. The van der Waals surface area contributed by atoms with Crippen LogP contribution in [-0.4, -0.2) is 27.5 Å². The normalized spacial score (nSPS) is 11.2. The highest BCUT2D eigenvalue weighted by atomic mass is 32.2. The van der Waals surface area contributed by atoms with Crippen LogP contribution < -0.4 is 19.5 Å². The van der Waals surface area contributed by atoms with E-state index in [1.165, 1.54) is 18.4 Å². The van der Waals surface area contributed by atoms with E-state index in [0.717, 1.165) is 0 Å². The van der Waals surface area contributed by atoms with Crippen LogP contribution in [0, 0.1) is 0 Å². The minimum atomic E-state index is -3.75. The van der Waals surface area contributed by atoms with Crippen molar-refractivity contribution >= 4 is 21.6 Å². The Balaban J connectivity index is 1.48. The van der Waals surface area contributed by atoms with Crippen molar-refractivity contribution in [3.63, 3.8) is 0 Å². The number of furan rings is 1. The van der Waals surface area contributed by atoms with Gasteiger partial charge in [-0.25, -0.2) is 13.1 Å². The zero-order valence-electron chi connectivity index (χ0n) is 17.7. The van der Waals surface area contributed by atoms with Gasteiger partial charge in [0.15, 0.2) is 11.5 Å². The molecule has 2 N–H and O–H groups in total. The second-order valence-corrected chi connectivity index (χ2v) is 8.58. The Labute approximate surface area is 187 Å². The molecule has 8 nitrogen and oxygen atoms in total. The largest absolute Gasteiger partial charge is 0.490 e. The van der Waals surface area contributed by atoms with Crippen LogP contribution in [0.3, 0.4) is 0 Å². The molecule has 1 aromatic heterocycles. The summed E-state index contributed by atoms with van der Waals surface area (Å²) in [6.07, 6.45) is 2.20. The first-order chi connectivity index (χ1) is 15.5. The number of ether oxygens (including phenoxy) is 2. The zero-order valence-corrected chi connectivity index (χ0v) is 18.6. The van der Waals surface area contributed by atoms with Gasteiger partial charge in [-0.15, -0.1) is 0 Å². The highest BCUT2D eigenvalue weighted by Gasteiger charge is 2.15. The lowest BCUT2D eigenvalue weighted by Crippen LogP contribution is -2.23. The van der Waals surface area contributed by atoms with E-state index in [4.69, 9.17) is 13.9 Å². The number of nitrogens with one attached hydrogen (secondary N) is 2. The van der Waals surface area contributed by atoms with Gasteiger partial charge >= 0.3 is 0 Å². The summed E-state index contributed by atoms with van der Waals surface area (Å²) in [5, 5.41) is 2.72. The molecule has 0 saturated carbocycles. The summed E-state index contributed by atoms with van der Waals surface area (Å²) in [5.41, 5.74) is 0.401. The lowest BCUT2D eigenvalue weighted by Gasteiger charge is -2.12. The predicted molar refractivity (Wildman–Crippen MR) is 120 cm³/mol. The topological polar surface area (TPSA) is 107 Å². The summed E-state index contributed by atoms with van der Waals surface area (Å²) in [6, 6.07) is 16.8. The molecule has 0 aliphatic carbocycles. The van der Waals surface area contributed by atoms with E-state index in [1.54, 1.807) is 24.3 Å². The van der Waals surface area contributed by atoms with Gasteiger partial charge in [0, 0.05) is 12.1 Å². The maximum Gasteiger partial charge on any atom is 0.241 e. The quantitative estimate of drug-likeness (QED) is 0.398. The number of hydrogen-bond acceptors (Lipinski definition) is 6. The van der Waals surface area contributed by atoms with Crippen LogP contribution in [0.25, 0.3) is 0 Å². The summed E-state index contributed by atoms with van der Waals surface area (Å²) >= 11 is 0. The SMILES string of the molecule is CCOc1ccccc1OCCCC(=O)Nc1cccc(S(=O)(=O)NCc2ccco2)c1. The van der Waals surface area contributed by atoms with Crippen molar-refractivity contribution < 1.29 is 27.1 Å². The minimum absolute atomic E-state index is 0.0400. The van der Waals surface area contributed by atoms with Crippen LogP contribution >= 0.6 is 0 Å². The monoisotopic (exact) mass is 458 g/mol. The molecule has 0 saturated heterocycles. The average molecular weight is 459 g/mol. The van der Waals surface area contributed by atoms with Crippen molar-refractivity contribution in [1.29, 1.82) is 0 Å². The fourth-order valence-corrected chi connectivity index (χ4v) is 3.92. The second kappa shape index (κ2) is 11.4. The molecule has 9 heteroatoms. The van der Waals surface area contributed by atoms with Gasteiger partial charge in [-0.05, 0) is 55.8 Å². The smallest absolute Gasteiger partial charge is 0.241 e. The van der Waals surface area contributed by atoms with Crippen molar-refractivity contribution in [2.24, 2.45) is 0 Å². The zero-order chi connectivity index (χ0) is 22.8. The molecule has 0 fully saturated rings. The first kappa shape index (κ1) is 23.4. The number of hydrogen-bond donors (Lipinski definition) is 2. The minimum Gasteiger partial charge on any atom is -0.490 e. The van der Waals surface area contributed by atoms with Gasteiger partial charge in [0.2, 0.25) is 15.9 Å². The lowest BCUT2D eigenvalue weighted by molar-refractivity contribution is -0.116. The summed E-state index contributed by atoms with van der Waals surface area (Å²) in [4.78, 5) is 12.3. The van der Waals surface area contributed by atoms with Crippen molar-refractivity contribution in [2.75, 3.05) is 18.5 Å². The Morgan fingerprint density at radius 3 is 2.50 bits per heavy atom. The van der Waals surface area contributed by atoms with E-state index >= 15 is 0 Å². The van der Waals surface area contributed by atoms with Gasteiger partial charge in [0.25, 0.3) is 0 Å². The summed E-state index contributed by atoms with van der Waals surface area (Å²) in [6.45, 7) is 2.83. The number of anilines is 1. The lowest BCUT2D eigenvalue weighted by atomic mass is 10.2. The third-order valence-corrected chi connectivity index (χ3v) is 5.80. The number of carbonyl (C=O) groups is 1. The van der Waals surface area contributed by atoms with Gasteiger partial charge in [0.05, 0.1) is 30.9 Å². The van der Waals surface area contributed by atoms with E-state index in [0.29, 0.717) is 42.6 Å². The van der Waals surface area contributed by atoms with Crippen molar-refractivity contribution in [2.45, 2.75) is 31.2 Å². The van der Waals surface area contributed by atoms with Gasteiger partial charge < -0.3 is 19.2 Å². The molecule has 0 aliphatic heterocycles. The highest BCUT2D eigenvalue weighted by Crippen LogP contribution is 2.26. The van der Waals surface area contributed by atoms with Crippen LogP contribution in [0.15, 0.2) is 76.2 Å². The van der Waals surface area contributed by atoms with E-state index < -0.39 is 10.0 Å². The summed E-state index contributed by atoms with van der Waals surface area (Å²) in [5.74, 6) is 1.57. The number of rotatable bonds is 12. The van der Waals surface area contributed by atoms with Crippen molar-refractivity contribution in [3.8, 4) is 11.5 Å². The molecule has 2 aromatic carbocycles. The van der Waals surface area contributed by atoms with E-state index in [-0.39, 0.29) is 23.8 Å². The Morgan fingerprint density at radius 1 is 1.00 bits per heavy atom. The maximum absolute atomic E-state index is 12.5.